The topological polar surface area (TPSA) is 96.5 Å². The quantitative estimate of drug-likeness (QED) is 0.748. The second kappa shape index (κ2) is 6.57. The predicted octanol–water partition coefficient (Wildman–Crippen LogP) is 1.56. The Balaban J connectivity index is 0.000000547. The Labute approximate surface area is 114 Å². The fourth-order valence-electron chi connectivity index (χ4n) is 0.556. The lowest BCUT2D eigenvalue weighted by atomic mass is 10.5. The summed E-state index contributed by atoms with van der Waals surface area (Å²) in [5, 5.41) is 0. The molecule has 0 spiro atoms. The molecule has 6 nitrogen and oxygen atoms in total. The minimum absolute atomic E-state index is 0.778. The van der Waals surface area contributed by atoms with Crippen molar-refractivity contribution in [3.05, 3.63) is 34.7 Å². The van der Waals surface area contributed by atoms with E-state index in [0.29, 0.717) is 0 Å². The van der Waals surface area contributed by atoms with E-state index in [1.165, 1.54) is 0 Å². The van der Waals surface area contributed by atoms with Crippen molar-refractivity contribution in [2.24, 2.45) is 0 Å². The highest BCUT2D eigenvalue weighted by Gasteiger charge is 2.46. The molecule has 1 aromatic heterocycles. The van der Waals surface area contributed by atoms with Crippen LogP contribution in [0.3, 0.4) is 0 Å². The first-order valence-corrected chi connectivity index (χ1v) is 7.36. The zero-order chi connectivity index (χ0) is 16.9. The summed E-state index contributed by atoms with van der Waals surface area (Å²) in [6.45, 7) is 0. The van der Waals surface area contributed by atoms with Gasteiger partial charge in [0.2, 0.25) is 0 Å². The summed E-state index contributed by atoms with van der Waals surface area (Å²) in [5.41, 5.74) is -12.4. The monoisotopic (exact) mass is 360 g/mol. The molecule has 1 aromatic rings. The van der Waals surface area contributed by atoms with Crippen molar-refractivity contribution in [3.8, 4) is 0 Å². The summed E-state index contributed by atoms with van der Waals surface area (Å²) in [6, 6.07) is 5.86. The third-order valence-electron chi connectivity index (χ3n) is 1.39. The lowest BCUT2D eigenvalue weighted by Crippen LogP contribution is -2.30. The highest BCUT2D eigenvalue weighted by atomic mass is 32.3. The third-order valence-corrected chi connectivity index (χ3v) is 4.13. The molecule has 122 valence electrons. The Hall–Kier alpha value is -1.41. The van der Waals surface area contributed by atoms with Crippen LogP contribution in [0.15, 0.2) is 30.6 Å². The lowest BCUT2D eigenvalue weighted by molar-refractivity contribution is -0.377. The molecule has 0 saturated heterocycles. The van der Waals surface area contributed by atoms with Crippen molar-refractivity contribution < 1.29 is 48.2 Å². The molecule has 1 heterocycles. The number of halogens is 6. The van der Waals surface area contributed by atoms with Crippen molar-refractivity contribution in [1.82, 2.24) is 0 Å². The van der Waals surface area contributed by atoms with Crippen LogP contribution in [0.5, 0.6) is 0 Å². The average molecular weight is 360 g/mol. The Morgan fingerprint density at radius 2 is 1.05 bits per heavy atom. The van der Waals surface area contributed by atoms with Crippen LogP contribution in [-0.4, -0.2) is 27.9 Å². The fourth-order valence-corrected chi connectivity index (χ4v) is 2.27. The van der Waals surface area contributed by atoms with E-state index in [-0.39, 0.29) is 0 Å². The number of alkyl halides is 6. The molecular weight excluding hydrogens is 354 g/mol. The Morgan fingerprint density at radius 1 is 0.714 bits per heavy atom. The molecule has 0 radical (unpaired) electrons. The average Bonchev–Trinajstić information content (AvgIpc) is 2.27. The second-order valence-electron chi connectivity index (χ2n) is 2.99. The second-order valence-corrected chi connectivity index (χ2v) is 6.42. The predicted molar refractivity (Wildman–Crippen MR) is 56.3 cm³/mol. The number of hydrogen-bond acceptors (Lipinski definition) is 4. The maximum absolute atomic E-state index is 11.4. The number of sulfonamides is 2. The minimum Gasteiger partial charge on any atom is -0.421 e. The van der Waals surface area contributed by atoms with Crippen LogP contribution in [0, 0.1) is 0 Å². The third kappa shape index (κ3) is 6.26. The summed E-state index contributed by atoms with van der Waals surface area (Å²) < 4.78 is 109. The molecule has 14 heteroatoms. The van der Waals surface area contributed by atoms with Gasteiger partial charge in [-0.25, -0.2) is 21.8 Å². The van der Waals surface area contributed by atoms with Gasteiger partial charge in [0, 0.05) is 12.1 Å². The number of nitrogens with zero attached hydrogens (tertiary/aromatic N) is 1. The number of pyridine rings is 1. The molecule has 0 aliphatic carbocycles. The zero-order valence-corrected chi connectivity index (χ0v) is 11.2. The first-order valence-electron chi connectivity index (χ1n) is 4.48. The number of rotatable bonds is 2. The highest BCUT2D eigenvalue weighted by molar-refractivity contribution is 8.13. The van der Waals surface area contributed by atoms with Crippen LogP contribution < -0.4 is 4.98 Å². The van der Waals surface area contributed by atoms with E-state index in [1.807, 2.05) is 30.6 Å². The van der Waals surface area contributed by atoms with Gasteiger partial charge in [-0.05, 0) is 0 Å². The molecule has 0 bridgehead atoms. The van der Waals surface area contributed by atoms with Gasteiger partial charge in [-0.3, -0.25) is 0 Å². The Bertz CT molecular complexity index is 569. The summed E-state index contributed by atoms with van der Waals surface area (Å²) >= 11 is 0. The fraction of sp³-hybridized carbons (Fsp3) is 0.286. The van der Waals surface area contributed by atoms with Crippen molar-refractivity contribution in [2.45, 2.75) is 11.0 Å². The molecule has 0 fully saturated rings. The van der Waals surface area contributed by atoms with Crippen molar-refractivity contribution in [3.63, 3.8) is 0 Å². The maximum atomic E-state index is 11.4. The van der Waals surface area contributed by atoms with Crippen LogP contribution in [0.1, 0.15) is 0 Å². The van der Waals surface area contributed by atoms with E-state index in [4.69, 9.17) is 0 Å². The molecule has 0 aromatic carbocycles. The van der Waals surface area contributed by atoms with Crippen LogP contribution in [0.25, 0.3) is 4.13 Å². The number of aromatic nitrogens is 1. The molecule has 0 atom stereocenters. The zero-order valence-electron chi connectivity index (χ0n) is 9.55. The Morgan fingerprint density at radius 3 is 1.19 bits per heavy atom. The molecule has 0 aliphatic rings. The first kappa shape index (κ1) is 19.6. The molecule has 0 amide bonds. The van der Waals surface area contributed by atoms with Crippen LogP contribution in [-0.2, 0) is 20.0 Å². The van der Waals surface area contributed by atoms with E-state index < -0.39 is 31.1 Å². The molecule has 1 rings (SSSR count). The van der Waals surface area contributed by atoms with E-state index in [9.17, 15) is 43.2 Å². The van der Waals surface area contributed by atoms with Crippen LogP contribution >= 0.6 is 0 Å². The molecule has 0 aliphatic heterocycles. The van der Waals surface area contributed by atoms with Gasteiger partial charge in [-0.1, -0.05) is 6.07 Å². The number of nitrogens with one attached hydrogen (secondary N) is 1. The molecular formula is C7H6F6N2O4S2. The van der Waals surface area contributed by atoms with Crippen LogP contribution in [0.2, 0.25) is 0 Å². The minimum atomic E-state index is -6.72. The van der Waals surface area contributed by atoms with Gasteiger partial charge in [-0.2, -0.15) is 26.3 Å². The standard InChI is InChI=1S/C5H5N.C2F6NO4S2/c1-2-4-6-5-3-1;3-1(4,5)14(10,11)9-15(12,13)2(6,7)8/h1-5H;/q;-1/p+1. The number of aromatic amines is 1. The molecule has 0 unspecified atom stereocenters. The molecule has 1 N–H and O–H groups in total. The SMILES string of the molecule is O=S(=O)([N-]S(=O)(=O)C(F)(F)F)C(F)(F)F.c1cc[nH+]cc1. The summed E-state index contributed by atoms with van der Waals surface area (Å²) in [4.78, 5) is 2.89. The number of H-pyrrole nitrogens is 1. The lowest BCUT2D eigenvalue weighted by Gasteiger charge is -2.22. The highest BCUT2D eigenvalue weighted by Crippen LogP contribution is 2.36. The smallest absolute Gasteiger partial charge is 0.421 e. The maximum Gasteiger partial charge on any atom is 0.480 e. The van der Waals surface area contributed by atoms with Gasteiger partial charge in [0.25, 0.3) is 0 Å². The summed E-state index contributed by atoms with van der Waals surface area (Å²) in [7, 11) is -13.4. The summed E-state index contributed by atoms with van der Waals surface area (Å²) in [5.74, 6) is 0. The molecule has 21 heavy (non-hydrogen) atoms. The van der Waals surface area contributed by atoms with Gasteiger partial charge >= 0.3 is 11.0 Å². The number of hydrogen-bond donors (Lipinski definition) is 0. The van der Waals surface area contributed by atoms with E-state index >= 15 is 0 Å². The van der Waals surface area contributed by atoms with Gasteiger partial charge in [-0.15, -0.1) is 0 Å². The van der Waals surface area contributed by atoms with Gasteiger partial charge in [0.15, 0.2) is 32.4 Å². The van der Waals surface area contributed by atoms with E-state index in [1.54, 1.807) is 0 Å². The largest absolute Gasteiger partial charge is 0.480 e. The van der Waals surface area contributed by atoms with Gasteiger partial charge < -0.3 is 4.13 Å². The molecule has 0 saturated carbocycles. The normalized spacial score (nSPS) is 13.2. The van der Waals surface area contributed by atoms with Crippen molar-refractivity contribution in [2.75, 3.05) is 0 Å². The van der Waals surface area contributed by atoms with Crippen molar-refractivity contribution in [1.29, 1.82) is 0 Å². The van der Waals surface area contributed by atoms with Crippen molar-refractivity contribution >= 4 is 20.0 Å². The van der Waals surface area contributed by atoms with Crippen LogP contribution in [0.4, 0.5) is 26.3 Å². The Kier molecular flexibility index (Phi) is 6.13. The first-order chi connectivity index (χ1) is 9.21. The van der Waals surface area contributed by atoms with E-state index in [2.05, 4.69) is 4.98 Å². The van der Waals surface area contributed by atoms with Gasteiger partial charge in [0.05, 0.1) is 0 Å². The summed E-state index contributed by atoms with van der Waals surface area (Å²) in [6.07, 6.45) is 3.75. The van der Waals surface area contributed by atoms with E-state index in [0.717, 1.165) is 4.13 Å². The van der Waals surface area contributed by atoms with Gasteiger partial charge in [0.1, 0.15) is 0 Å².